The number of nitrogens with one attached hydrogen (secondary N) is 2. The van der Waals surface area contributed by atoms with Crippen molar-refractivity contribution in [3.8, 4) is 0 Å². The Morgan fingerprint density at radius 3 is 2.76 bits per heavy atom. The van der Waals surface area contributed by atoms with E-state index in [4.69, 9.17) is 0 Å². The summed E-state index contributed by atoms with van der Waals surface area (Å²) in [7, 11) is 0. The Hall–Kier alpha value is -2.93. The minimum Gasteiger partial charge on any atom is -0.345 e. The molecule has 3 aromatic rings. The van der Waals surface area contributed by atoms with Crippen LogP contribution in [0.5, 0.6) is 0 Å². The van der Waals surface area contributed by atoms with E-state index < -0.39 is 11.8 Å². The van der Waals surface area contributed by atoms with Gasteiger partial charge in [0, 0.05) is 29.5 Å². The van der Waals surface area contributed by atoms with Crippen LogP contribution in [0.15, 0.2) is 60.2 Å². The Bertz CT molecular complexity index is 810. The van der Waals surface area contributed by atoms with Crippen LogP contribution in [0.25, 0.3) is 0 Å². The number of aryl methyl sites for hydroxylation is 1. The molecule has 1 atom stereocenters. The summed E-state index contributed by atoms with van der Waals surface area (Å²) in [5.74, 6) is -1.36. The fourth-order valence-electron chi connectivity index (χ4n) is 2.45. The summed E-state index contributed by atoms with van der Waals surface area (Å²) >= 11 is 1.58. The molecule has 0 aliphatic heterocycles. The number of carbonyl (C=O) groups excluding carboxylic acids is 2. The van der Waals surface area contributed by atoms with E-state index in [9.17, 15) is 9.59 Å². The lowest BCUT2D eigenvalue weighted by atomic mass is 10.2. The summed E-state index contributed by atoms with van der Waals surface area (Å²) in [6.07, 6.45) is 3.52. The van der Waals surface area contributed by atoms with Crippen molar-refractivity contribution in [3.63, 3.8) is 0 Å². The number of hydrogen-bond donors (Lipinski definition) is 2. The van der Waals surface area contributed by atoms with E-state index in [1.54, 1.807) is 28.3 Å². The molecule has 1 unspecified atom stereocenters. The summed E-state index contributed by atoms with van der Waals surface area (Å²) in [5, 5.41) is 11.5. The second kappa shape index (κ2) is 7.76. The van der Waals surface area contributed by atoms with Crippen molar-refractivity contribution >= 4 is 28.8 Å². The highest BCUT2D eigenvalue weighted by Crippen LogP contribution is 2.21. The normalized spacial score (nSPS) is 11.7. The topological polar surface area (TPSA) is 76.0 Å². The first-order valence-electron chi connectivity index (χ1n) is 7.82. The average molecular weight is 354 g/mol. The number of hydrogen-bond acceptors (Lipinski definition) is 4. The SMILES string of the molecule is Cc1cccc(NC(=O)C(=O)NCC(c2cccs2)n2cccn2)c1. The third-order valence-electron chi connectivity index (χ3n) is 3.65. The van der Waals surface area contributed by atoms with Crippen molar-refractivity contribution in [3.05, 3.63) is 70.7 Å². The molecule has 0 radical (unpaired) electrons. The fraction of sp³-hybridized carbons (Fsp3) is 0.167. The molecule has 6 nitrogen and oxygen atoms in total. The first kappa shape index (κ1) is 16.9. The smallest absolute Gasteiger partial charge is 0.313 e. The molecule has 3 rings (SSSR count). The summed E-state index contributed by atoms with van der Waals surface area (Å²) < 4.78 is 1.77. The van der Waals surface area contributed by atoms with Gasteiger partial charge in [0.25, 0.3) is 0 Å². The molecule has 0 aliphatic carbocycles. The van der Waals surface area contributed by atoms with Crippen LogP contribution < -0.4 is 10.6 Å². The maximum absolute atomic E-state index is 12.1. The van der Waals surface area contributed by atoms with Crippen molar-refractivity contribution in [1.29, 1.82) is 0 Å². The Morgan fingerprint density at radius 1 is 1.20 bits per heavy atom. The average Bonchev–Trinajstić information content (AvgIpc) is 3.29. The molecule has 0 saturated heterocycles. The lowest BCUT2D eigenvalue weighted by molar-refractivity contribution is -0.136. The maximum atomic E-state index is 12.1. The van der Waals surface area contributed by atoms with Gasteiger partial charge in [0.2, 0.25) is 0 Å². The molecular formula is C18H18N4O2S. The van der Waals surface area contributed by atoms with Gasteiger partial charge in [-0.3, -0.25) is 14.3 Å². The molecule has 25 heavy (non-hydrogen) atoms. The van der Waals surface area contributed by atoms with E-state index in [1.165, 1.54) is 0 Å². The molecular weight excluding hydrogens is 336 g/mol. The second-order valence-corrected chi connectivity index (χ2v) is 6.53. The van der Waals surface area contributed by atoms with Gasteiger partial charge >= 0.3 is 11.8 Å². The van der Waals surface area contributed by atoms with Gasteiger partial charge in [0.05, 0.1) is 0 Å². The van der Waals surface area contributed by atoms with Crippen LogP contribution in [0, 0.1) is 6.92 Å². The molecule has 2 amide bonds. The van der Waals surface area contributed by atoms with Crippen LogP contribution in [0.4, 0.5) is 5.69 Å². The van der Waals surface area contributed by atoms with Gasteiger partial charge in [-0.1, -0.05) is 18.2 Å². The molecule has 1 aromatic carbocycles. The molecule has 2 aromatic heterocycles. The monoisotopic (exact) mass is 354 g/mol. The molecule has 0 spiro atoms. The number of anilines is 1. The van der Waals surface area contributed by atoms with E-state index >= 15 is 0 Å². The molecule has 0 bridgehead atoms. The Morgan fingerprint density at radius 2 is 2.08 bits per heavy atom. The minimum absolute atomic E-state index is 0.147. The van der Waals surface area contributed by atoms with Gasteiger partial charge in [0.1, 0.15) is 6.04 Å². The van der Waals surface area contributed by atoms with Crippen molar-refractivity contribution in [1.82, 2.24) is 15.1 Å². The standard InChI is InChI=1S/C18H18N4O2S/c1-13-5-2-6-14(11-13)21-18(24)17(23)19-12-15(16-7-3-10-25-16)22-9-4-8-20-22/h2-11,15H,12H2,1H3,(H,19,23)(H,21,24). The van der Waals surface area contributed by atoms with Crippen LogP contribution in [-0.2, 0) is 9.59 Å². The second-order valence-electron chi connectivity index (χ2n) is 5.55. The van der Waals surface area contributed by atoms with E-state index in [0.29, 0.717) is 5.69 Å². The van der Waals surface area contributed by atoms with E-state index in [-0.39, 0.29) is 12.6 Å². The minimum atomic E-state index is -0.684. The molecule has 0 saturated carbocycles. The Kier molecular flexibility index (Phi) is 5.25. The van der Waals surface area contributed by atoms with Crippen LogP contribution in [0.3, 0.4) is 0 Å². The van der Waals surface area contributed by atoms with E-state index in [1.807, 2.05) is 54.9 Å². The van der Waals surface area contributed by atoms with Crippen LogP contribution in [0.2, 0.25) is 0 Å². The molecule has 0 fully saturated rings. The quantitative estimate of drug-likeness (QED) is 0.692. The Balaban J connectivity index is 1.62. The van der Waals surface area contributed by atoms with Gasteiger partial charge in [-0.05, 0) is 42.1 Å². The predicted molar refractivity (Wildman–Crippen MR) is 97.5 cm³/mol. The highest BCUT2D eigenvalue weighted by atomic mass is 32.1. The van der Waals surface area contributed by atoms with Crippen molar-refractivity contribution < 1.29 is 9.59 Å². The van der Waals surface area contributed by atoms with Crippen LogP contribution in [0.1, 0.15) is 16.5 Å². The zero-order valence-corrected chi connectivity index (χ0v) is 14.5. The largest absolute Gasteiger partial charge is 0.345 e. The third kappa shape index (κ3) is 4.33. The molecule has 2 N–H and O–H groups in total. The number of aromatic nitrogens is 2. The summed E-state index contributed by atoms with van der Waals surface area (Å²) in [5.41, 5.74) is 1.61. The first-order valence-corrected chi connectivity index (χ1v) is 8.70. The van der Waals surface area contributed by atoms with Gasteiger partial charge < -0.3 is 10.6 Å². The van der Waals surface area contributed by atoms with Gasteiger partial charge in [0.15, 0.2) is 0 Å². The van der Waals surface area contributed by atoms with E-state index in [2.05, 4.69) is 15.7 Å². The molecule has 7 heteroatoms. The number of rotatable bonds is 5. The van der Waals surface area contributed by atoms with Gasteiger partial charge in [-0.25, -0.2) is 0 Å². The predicted octanol–water partition coefficient (Wildman–Crippen LogP) is 2.60. The van der Waals surface area contributed by atoms with Gasteiger partial charge in [-0.2, -0.15) is 5.10 Å². The van der Waals surface area contributed by atoms with Crippen molar-refractivity contribution in [2.24, 2.45) is 0 Å². The summed E-state index contributed by atoms with van der Waals surface area (Å²) in [6, 6.07) is 12.9. The lowest BCUT2D eigenvalue weighted by Gasteiger charge is -2.17. The zero-order chi connectivity index (χ0) is 17.6. The molecule has 128 valence electrons. The van der Waals surface area contributed by atoms with Crippen molar-refractivity contribution in [2.75, 3.05) is 11.9 Å². The highest BCUT2D eigenvalue weighted by molar-refractivity contribution is 7.10. The Labute approximate surface area is 149 Å². The number of thiophene rings is 1. The summed E-state index contributed by atoms with van der Waals surface area (Å²) in [6.45, 7) is 2.20. The number of amides is 2. The number of nitrogens with zero attached hydrogens (tertiary/aromatic N) is 2. The first-order chi connectivity index (χ1) is 12.1. The van der Waals surface area contributed by atoms with Crippen LogP contribution >= 0.6 is 11.3 Å². The lowest BCUT2D eigenvalue weighted by Crippen LogP contribution is -2.38. The number of benzene rings is 1. The summed E-state index contributed by atoms with van der Waals surface area (Å²) in [4.78, 5) is 25.3. The van der Waals surface area contributed by atoms with E-state index in [0.717, 1.165) is 10.4 Å². The fourth-order valence-corrected chi connectivity index (χ4v) is 3.27. The third-order valence-corrected chi connectivity index (χ3v) is 4.63. The van der Waals surface area contributed by atoms with Gasteiger partial charge in [-0.15, -0.1) is 11.3 Å². The number of carbonyl (C=O) groups is 2. The van der Waals surface area contributed by atoms with Crippen LogP contribution in [-0.4, -0.2) is 28.1 Å². The maximum Gasteiger partial charge on any atom is 0.313 e. The zero-order valence-electron chi connectivity index (χ0n) is 13.7. The highest BCUT2D eigenvalue weighted by Gasteiger charge is 2.19. The molecule has 0 aliphatic rings. The molecule has 2 heterocycles. The van der Waals surface area contributed by atoms with Crippen molar-refractivity contribution in [2.45, 2.75) is 13.0 Å².